The topological polar surface area (TPSA) is 101 Å². The van der Waals surface area contributed by atoms with Crippen LogP contribution in [0.2, 0.25) is 0 Å². The molecule has 1 aliphatic carbocycles. The van der Waals surface area contributed by atoms with Crippen LogP contribution in [0.5, 0.6) is 0 Å². The van der Waals surface area contributed by atoms with Gasteiger partial charge in [0, 0.05) is 29.8 Å². The van der Waals surface area contributed by atoms with E-state index < -0.39 is 29.2 Å². The Hall–Kier alpha value is -3.92. The molecule has 0 spiro atoms. The van der Waals surface area contributed by atoms with E-state index in [9.17, 15) is 18.0 Å². The molecule has 188 valence electrons. The van der Waals surface area contributed by atoms with Crippen molar-refractivity contribution in [3.05, 3.63) is 77.1 Å². The largest absolute Gasteiger partial charge is 0.481 e. The molecule has 0 saturated carbocycles. The summed E-state index contributed by atoms with van der Waals surface area (Å²) in [4.78, 5) is 10.7. The minimum atomic E-state index is -4.75. The van der Waals surface area contributed by atoms with Crippen molar-refractivity contribution >= 4 is 11.5 Å². The van der Waals surface area contributed by atoms with Gasteiger partial charge in [-0.05, 0) is 30.9 Å². The van der Waals surface area contributed by atoms with Crippen molar-refractivity contribution in [2.24, 2.45) is 0 Å². The van der Waals surface area contributed by atoms with E-state index in [1.165, 1.54) is 18.2 Å². The van der Waals surface area contributed by atoms with Gasteiger partial charge in [-0.25, -0.2) is 0 Å². The summed E-state index contributed by atoms with van der Waals surface area (Å²) >= 11 is 0. The molecule has 1 aromatic carbocycles. The average molecular weight is 499 g/mol. The van der Waals surface area contributed by atoms with Gasteiger partial charge in [-0.3, -0.25) is 4.79 Å². The minimum Gasteiger partial charge on any atom is -0.481 e. The molecule has 2 aromatic heterocycles. The first-order chi connectivity index (χ1) is 17.2. The van der Waals surface area contributed by atoms with E-state index in [0.717, 1.165) is 16.7 Å². The van der Waals surface area contributed by atoms with Gasteiger partial charge in [0.05, 0.1) is 6.42 Å². The SMILES string of the molecule is C=C/C=C(\C=C/C)c1onc(-c2onc3c2CCc2cc(CNCCC(=O)O)ccc2-3)c1C(F)(F)F. The van der Waals surface area contributed by atoms with E-state index in [1.807, 2.05) is 18.2 Å². The second-order valence-electron chi connectivity index (χ2n) is 8.24. The number of carboxylic acids is 1. The summed E-state index contributed by atoms with van der Waals surface area (Å²) in [6.07, 6.45) is 2.15. The number of allylic oxidation sites excluding steroid dienone is 5. The summed E-state index contributed by atoms with van der Waals surface area (Å²) in [7, 11) is 0. The van der Waals surface area contributed by atoms with E-state index in [-0.39, 0.29) is 17.8 Å². The number of rotatable bonds is 9. The Balaban J connectivity index is 1.69. The zero-order valence-corrected chi connectivity index (χ0v) is 19.5. The predicted octanol–water partition coefficient (Wildman–Crippen LogP) is 5.82. The van der Waals surface area contributed by atoms with Crippen LogP contribution in [0.1, 0.15) is 41.4 Å². The third-order valence-electron chi connectivity index (χ3n) is 5.80. The first-order valence-electron chi connectivity index (χ1n) is 11.3. The molecule has 7 nitrogen and oxygen atoms in total. The highest BCUT2D eigenvalue weighted by atomic mass is 19.4. The van der Waals surface area contributed by atoms with Crippen LogP contribution in [0, 0.1) is 0 Å². The van der Waals surface area contributed by atoms with Crippen LogP contribution in [0.25, 0.3) is 28.3 Å². The monoisotopic (exact) mass is 499 g/mol. The Labute approximate surface area is 205 Å². The summed E-state index contributed by atoms with van der Waals surface area (Å²) in [5, 5.41) is 19.7. The van der Waals surface area contributed by atoms with Crippen molar-refractivity contribution in [3.8, 4) is 22.7 Å². The second-order valence-corrected chi connectivity index (χ2v) is 8.24. The lowest BCUT2D eigenvalue weighted by Crippen LogP contribution is -2.18. The first-order valence-corrected chi connectivity index (χ1v) is 11.3. The Morgan fingerprint density at radius 2 is 2.00 bits per heavy atom. The Morgan fingerprint density at radius 1 is 1.22 bits per heavy atom. The van der Waals surface area contributed by atoms with Crippen LogP contribution in [-0.2, 0) is 30.4 Å². The maximum absolute atomic E-state index is 14.2. The van der Waals surface area contributed by atoms with Crippen molar-refractivity contribution in [1.29, 1.82) is 0 Å². The molecule has 0 aliphatic heterocycles. The fraction of sp³-hybridized carbons (Fsp3) is 0.269. The van der Waals surface area contributed by atoms with E-state index >= 15 is 0 Å². The van der Waals surface area contributed by atoms with E-state index in [2.05, 4.69) is 22.2 Å². The second kappa shape index (κ2) is 10.4. The van der Waals surface area contributed by atoms with Gasteiger partial charge >= 0.3 is 12.1 Å². The van der Waals surface area contributed by atoms with Crippen molar-refractivity contribution < 1.29 is 32.1 Å². The fourth-order valence-corrected chi connectivity index (χ4v) is 4.24. The number of hydrogen-bond acceptors (Lipinski definition) is 6. The van der Waals surface area contributed by atoms with E-state index in [4.69, 9.17) is 14.2 Å². The van der Waals surface area contributed by atoms with Crippen LogP contribution in [-0.4, -0.2) is 27.9 Å². The van der Waals surface area contributed by atoms with E-state index in [0.29, 0.717) is 37.2 Å². The number of nitrogens with zero attached hydrogens (tertiary/aromatic N) is 2. The number of fused-ring (bicyclic) bond motifs is 3. The number of aryl methyl sites for hydroxylation is 1. The van der Waals surface area contributed by atoms with Crippen LogP contribution >= 0.6 is 0 Å². The van der Waals surface area contributed by atoms with Gasteiger partial charge in [-0.15, -0.1) is 0 Å². The fourth-order valence-electron chi connectivity index (χ4n) is 4.24. The van der Waals surface area contributed by atoms with Crippen LogP contribution in [0.15, 0.2) is 58.1 Å². The average Bonchev–Trinajstić information content (AvgIpc) is 3.46. The van der Waals surface area contributed by atoms with Crippen LogP contribution < -0.4 is 5.32 Å². The standard InChI is InChI=1S/C26H24F3N3O4/c1-3-5-16(6-4-2)24-21(26(27,28)29)23(32-35-24)25-19-10-8-17-13-15(14-30-12-11-20(33)34)7-9-18(17)22(19)31-36-25/h3-7,9,13,30H,1,8,10-12,14H2,2H3,(H,33,34)/b6-4-,16-5+. The Kier molecular flexibility index (Phi) is 7.25. The molecule has 0 atom stereocenters. The number of aliphatic carboxylic acids is 1. The summed E-state index contributed by atoms with van der Waals surface area (Å²) in [6.45, 7) is 6.09. The number of alkyl halides is 3. The molecular weight excluding hydrogens is 475 g/mol. The lowest BCUT2D eigenvalue weighted by Gasteiger charge is -2.16. The highest BCUT2D eigenvalue weighted by molar-refractivity contribution is 5.81. The maximum atomic E-state index is 14.2. The molecule has 0 saturated heterocycles. The van der Waals surface area contributed by atoms with Gasteiger partial charge in [0.15, 0.2) is 17.2 Å². The molecule has 0 amide bonds. The third kappa shape index (κ3) is 5.03. The highest BCUT2D eigenvalue weighted by Gasteiger charge is 2.43. The van der Waals surface area contributed by atoms with Crippen molar-refractivity contribution in [2.45, 2.75) is 38.9 Å². The number of nitrogens with one attached hydrogen (secondary N) is 1. The minimum absolute atomic E-state index is 0.0271. The van der Waals surface area contributed by atoms with Gasteiger partial charge in [0.2, 0.25) is 0 Å². The van der Waals surface area contributed by atoms with Crippen molar-refractivity contribution in [3.63, 3.8) is 0 Å². The van der Waals surface area contributed by atoms with Gasteiger partial charge in [-0.1, -0.05) is 59.4 Å². The lowest BCUT2D eigenvalue weighted by atomic mass is 9.87. The molecule has 0 fully saturated rings. The summed E-state index contributed by atoms with van der Waals surface area (Å²) in [5.41, 5.74) is 2.47. The van der Waals surface area contributed by atoms with Crippen molar-refractivity contribution in [2.75, 3.05) is 6.54 Å². The predicted molar refractivity (Wildman–Crippen MR) is 127 cm³/mol. The molecule has 0 bridgehead atoms. The van der Waals surface area contributed by atoms with Crippen molar-refractivity contribution in [1.82, 2.24) is 15.6 Å². The number of hydrogen-bond donors (Lipinski definition) is 2. The molecule has 0 radical (unpaired) electrons. The summed E-state index contributed by atoms with van der Waals surface area (Å²) in [5.74, 6) is -1.35. The summed E-state index contributed by atoms with van der Waals surface area (Å²) < 4.78 is 53.2. The highest BCUT2D eigenvalue weighted by Crippen LogP contribution is 2.45. The summed E-state index contributed by atoms with van der Waals surface area (Å²) in [6, 6.07) is 5.71. The quantitative estimate of drug-likeness (QED) is 0.282. The zero-order valence-electron chi connectivity index (χ0n) is 19.5. The molecule has 2 N–H and O–H groups in total. The smallest absolute Gasteiger partial charge is 0.422 e. The Morgan fingerprint density at radius 3 is 2.69 bits per heavy atom. The molecular formula is C26H24F3N3O4. The Bertz CT molecular complexity index is 1350. The number of benzene rings is 1. The number of halogens is 3. The molecule has 4 rings (SSSR count). The van der Waals surface area contributed by atoms with Crippen LogP contribution in [0.3, 0.4) is 0 Å². The van der Waals surface area contributed by atoms with Gasteiger partial charge in [0.25, 0.3) is 0 Å². The van der Waals surface area contributed by atoms with Gasteiger partial charge in [-0.2, -0.15) is 13.2 Å². The third-order valence-corrected chi connectivity index (χ3v) is 5.80. The molecule has 1 aliphatic rings. The van der Waals surface area contributed by atoms with Crippen LogP contribution in [0.4, 0.5) is 13.2 Å². The molecule has 2 heterocycles. The molecule has 0 unspecified atom stereocenters. The number of aromatic nitrogens is 2. The van der Waals surface area contributed by atoms with Gasteiger partial charge < -0.3 is 19.5 Å². The van der Waals surface area contributed by atoms with Gasteiger partial charge in [0.1, 0.15) is 11.3 Å². The number of carbonyl (C=O) groups is 1. The molecule has 36 heavy (non-hydrogen) atoms. The zero-order chi connectivity index (χ0) is 25.9. The first kappa shape index (κ1) is 25.2. The lowest BCUT2D eigenvalue weighted by molar-refractivity contribution is -0.138. The van der Waals surface area contributed by atoms with E-state index in [1.54, 1.807) is 13.0 Å². The normalized spacial score (nSPS) is 13.6. The molecule has 3 aromatic rings. The maximum Gasteiger partial charge on any atom is 0.422 e. The molecule has 10 heteroatoms. The number of carboxylic acid groups (broad SMARTS) is 1.